The minimum atomic E-state index is -4.23. The van der Waals surface area contributed by atoms with Gasteiger partial charge in [-0.1, -0.05) is 13.0 Å². The van der Waals surface area contributed by atoms with Crippen LogP contribution in [0.25, 0.3) is 0 Å². The Bertz CT molecular complexity index is 350. The monoisotopic (exact) mass is 233 g/mol. The summed E-state index contributed by atoms with van der Waals surface area (Å²) in [4.78, 5) is 0. The molecule has 1 N–H and O–H groups in total. The van der Waals surface area contributed by atoms with Crippen LogP contribution in [0.2, 0.25) is 0 Å². The van der Waals surface area contributed by atoms with Gasteiger partial charge in [-0.15, -0.1) is 0 Å². The van der Waals surface area contributed by atoms with Crippen molar-refractivity contribution in [3.8, 4) is 5.75 Å². The Labute approximate surface area is 92.4 Å². The van der Waals surface area contributed by atoms with Crippen molar-refractivity contribution in [3.05, 3.63) is 23.8 Å². The van der Waals surface area contributed by atoms with E-state index < -0.39 is 12.7 Å². The number of benzene rings is 1. The highest BCUT2D eigenvalue weighted by atomic mass is 19.4. The van der Waals surface area contributed by atoms with Gasteiger partial charge in [-0.3, -0.25) is 0 Å². The van der Waals surface area contributed by atoms with Crippen molar-refractivity contribution in [2.24, 2.45) is 0 Å². The highest BCUT2D eigenvalue weighted by Crippen LogP contribution is 2.27. The Morgan fingerprint density at radius 3 is 2.50 bits per heavy atom. The SMILES string of the molecule is CCc1ccc(OC)c(NCC(F)(F)F)c1. The quantitative estimate of drug-likeness (QED) is 0.862. The van der Waals surface area contributed by atoms with Crippen molar-refractivity contribution in [2.45, 2.75) is 19.5 Å². The Balaban J connectivity index is 2.83. The van der Waals surface area contributed by atoms with Gasteiger partial charge in [0.15, 0.2) is 0 Å². The highest BCUT2D eigenvalue weighted by Gasteiger charge is 2.27. The fourth-order valence-corrected chi connectivity index (χ4v) is 1.31. The van der Waals surface area contributed by atoms with Crippen molar-refractivity contribution < 1.29 is 17.9 Å². The summed E-state index contributed by atoms with van der Waals surface area (Å²) in [5.41, 5.74) is 1.34. The molecule has 0 unspecified atom stereocenters. The summed E-state index contributed by atoms with van der Waals surface area (Å²) >= 11 is 0. The van der Waals surface area contributed by atoms with E-state index in [1.165, 1.54) is 7.11 Å². The zero-order valence-corrected chi connectivity index (χ0v) is 9.19. The van der Waals surface area contributed by atoms with E-state index in [9.17, 15) is 13.2 Å². The molecule has 0 spiro atoms. The van der Waals surface area contributed by atoms with Gasteiger partial charge >= 0.3 is 6.18 Å². The Kier molecular flexibility index (Phi) is 4.04. The van der Waals surface area contributed by atoms with Gasteiger partial charge < -0.3 is 10.1 Å². The van der Waals surface area contributed by atoms with Crippen LogP contribution in [-0.4, -0.2) is 19.8 Å². The number of hydrogen-bond acceptors (Lipinski definition) is 2. The number of methoxy groups -OCH3 is 1. The van der Waals surface area contributed by atoms with Gasteiger partial charge in [-0.25, -0.2) is 0 Å². The van der Waals surface area contributed by atoms with Gasteiger partial charge in [0.25, 0.3) is 0 Å². The van der Waals surface area contributed by atoms with Crippen LogP contribution in [0.4, 0.5) is 18.9 Å². The van der Waals surface area contributed by atoms with E-state index in [1.807, 2.05) is 13.0 Å². The molecular weight excluding hydrogens is 219 g/mol. The Hall–Kier alpha value is -1.39. The Morgan fingerprint density at radius 1 is 1.31 bits per heavy atom. The first-order chi connectivity index (χ1) is 7.46. The summed E-state index contributed by atoms with van der Waals surface area (Å²) < 4.78 is 41.1. The molecule has 0 heterocycles. The van der Waals surface area contributed by atoms with E-state index in [0.29, 0.717) is 11.4 Å². The van der Waals surface area contributed by atoms with E-state index in [4.69, 9.17) is 4.74 Å². The lowest BCUT2D eigenvalue weighted by Crippen LogP contribution is -2.21. The van der Waals surface area contributed by atoms with Crippen LogP contribution in [0.1, 0.15) is 12.5 Å². The molecule has 1 aromatic carbocycles. The molecule has 0 saturated heterocycles. The van der Waals surface area contributed by atoms with Gasteiger partial charge in [0, 0.05) is 0 Å². The number of halogens is 3. The maximum Gasteiger partial charge on any atom is 0.405 e. The van der Waals surface area contributed by atoms with Crippen LogP contribution >= 0.6 is 0 Å². The fraction of sp³-hybridized carbons (Fsp3) is 0.455. The van der Waals surface area contributed by atoms with Crippen LogP contribution in [0.15, 0.2) is 18.2 Å². The second-order valence-electron chi connectivity index (χ2n) is 3.36. The van der Waals surface area contributed by atoms with Gasteiger partial charge in [0.2, 0.25) is 0 Å². The molecule has 1 rings (SSSR count). The highest BCUT2D eigenvalue weighted by molar-refractivity contribution is 5.58. The van der Waals surface area contributed by atoms with Crippen LogP contribution in [0.5, 0.6) is 5.75 Å². The number of alkyl halides is 3. The van der Waals surface area contributed by atoms with Crippen molar-refractivity contribution >= 4 is 5.69 Å². The summed E-state index contributed by atoms with van der Waals surface area (Å²) in [5, 5.41) is 2.33. The molecule has 0 aliphatic carbocycles. The minimum Gasteiger partial charge on any atom is -0.495 e. The molecule has 0 radical (unpaired) electrons. The minimum absolute atomic E-state index is 0.374. The normalized spacial score (nSPS) is 11.3. The smallest absolute Gasteiger partial charge is 0.405 e. The molecule has 5 heteroatoms. The molecular formula is C11H14F3NO. The number of ether oxygens (including phenoxy) is 1. The first-order valence-corrected chi connectivity index (χ1v) is 4.94. The van der Waals surface area contributed by atoms with E-state index in [1.54, 1.807) is 12.1 Å². The summed E-state index contributed by atoms with van der Waals surface area (Å²) in [6.45, 7) is 0.881. The molecule has 16 heavy (non-hydrogen) atoms. The molecule has 0 aliphatic heterocycles. The molecule has 2 nitrogen and oxygen atoms in total. The molecule has 0 aliphatic rings. The number of rotatable bonds is 4. The molecule has 0 atom stereocenters. The number of hydrogen-bond donors (Lipinski definition) is 1. The van der Waals surface area contributed by atoms with Crippen molar-refractivity contribution in [2.75, 3.05) is 19.0 Å². The average molecular weight is 233 g/mol. The maximum absolute atomic E-state index is 12.1. The summed E-state index contributed by atoms with van der Waals surface area (Å²) in [6.07, 6.45) is -3.46. The van der Waals surface area contributed by atoms with Crippen molar-refractivity contribution in [3.63, 3.8) is 0 Å². The summed E-state index contributed by atoms with van der Waals surface area (Å²) in [5.74, 6) is 0.418. The van der Waals surface area contributed by atoms with Crippen LogP contribution in [0.3, 0.4) is 0 Å². The van der Waals surface area contributed by atoms with Crippen LogP contribution in [-0.2, 0) is 6.42 Å². The van der Waals surface area contributed by atoms with Crippen LogP contribution < -0.4 is 10.1 Å². The predicted octanol–water partition coefficient (Wildman–Crippen LogP) is 3.23. The van der Waals surface area contributed by atoms with Gasteiger partial charge in [-0.2, -0.15) is 13.2 Å². The third-order valence-electron chi connectivity index (χ3n) is 2.15. The molecule has 0 bridgehead atoms. The topological polar surface area (TPSA) is 21.3 Å². The molecule has 90 valence electrons. The molecule has 0 amide bonds. The second kappa shape index (κ2) is 5.09. The predicted molar refractivity (Wildman–Crippen MR) is 56.9 cm³/mol. The van der Waals surface area contributed by atoms with E-state index in [2.05, 4.69) is 5.32 Å². The molecule has 0 saturated carbocycles. The summed E-state index contributed by atoms with van der Waals surface area (Å²) in [6, 6.07) is 5.17. The standard InChI is InChI=1S/C11H14F3NO/c1-3-8-4-5-10(16-2)9(6-8)15-7-11(12,13)14/h4-6,15H,3,7H2,1-2H3. The van der Waals surface area contributed by atoms with E-state index >= 15 is 0 Å². The lowest BCUT2D eigenvalue weighted by Gasteiger charge is -2.13. The third-order valence-corrected chi connectivity index (χ3v) is 2.15. The summed E-state index contributed by atoms with van der Waals surface area (Å²) in [7, 11) is 1.43. The molecule has 1 aromatic rings. The Morgan fingerprint density at radius 2 is 2.00 bits per heavy atom. The first-order valence-electron chi connectivity index (χ1n) is 4.94. The van der Waals surface area contributed by atoms with Crippen LogP contribution in [0, 0.1) is 0 Å². The fourth-order valence-electron chi connectivity index (χ4n) is 1.31. The zero-order chi connectivity index (χ0) is 12.2. The number of nitrogens with one attached hydrogen (secondary N) is 1. The lowest BCUT2D eigenvalue weighted by molar-refractivity contribution is -0.115. The van der Waals surface area contributed by atoms with E-state index in [0.717, 1.165) is 12.0 Å². The largest absolute Gasteiger partial charge is 0.495 e. The van der Waals surface area contributed by atoms with Gasteiger partial charge in [0.05, 0.1) is 12.8 Å². The second-order valence-corrected chi connectivity index (χ2v) is 3.36. The lowest BCUT2D eigenvalue weighted by atomic mass is 10.1. The molecule has 0 fully saturated rings. The first kappa shape index (κ1) is 12.7. The number of aryl methyl sites for hydroxylation is 1. The van der Waals surface area contributed by atoms with Gasteiger partial charge in [0.1, 0.15) is 12.3 Å². The van der Waals surface area contributed by atoms with Crippen molar-refractivity contribution in [1.82, 2.24) is 0 Å². The molecule has 0 aromatic heterocycles. The maximum atomic E-state index is 12.1. The van der Waals surface area contributed by atoms with Gasteiger partial charge in [-0.05, 0) is 24.1 Å². The average Bonchev–Trinajstić information content (AvgIpc) is 2.25. The van der Waals surface area contributed by atoms with Crippen molar-refractivity contribution in [1.29, 1.82) is 0 Å². The number of anilines is 1. The third kappa shape index (κ3) is 3.64. The zero-order valence-electron chi connectivity index (χ0n) is 9.19. The van der Waals surface area contributed by atoms with E-state index in [-0.39, 0.29) is 0 Å².